The topological polar surface area (TPSA) is 51.7 Å². The van der Waals surface area contributed by atoms with E-state index in [4.69, 9.17) is 9.47 Å². The molecule has 1 amide bonds. The van der Waals surface area contributed by atoms with Crippen LogP contribution in [0.2, 0.25) is 0 Å². The van der Waals surface area contributed by atoms with Gasteiger partial charge in [-0.3, -0.25) is 9.78 Å². The molecule has 5 heteroatoms. The molecule has 0 saturated carbocycles. The van der Waals surface area contributed by atoms with E-state index in [1.165, 1.54) is 5.56 Å². The first-order valence-electron chi connectivity index (χ1n) is 8.55. The van der Waals surface area contributed by atoms with E-state index >= 15 is 0 Å². The zero-order valence-corrected chi connectivity index (χ0v) is 14.1. The molecule has 0 N–H and O–H groups in total. The number of ether oxygens (including phenoxy) is 2. The van der Waals surface area contributed by atoms with Crippen LogP contribution >= 0.6 is 0 Å². The van der Waals surface area contributed by atoms with Crippen molar-refractivity contribution in [2.24, 2.45) is 0 Å². The van der Waals surface area contributed by atoms with E-state index in [1.54, 1.807) is 6.20 Å². The molecule has 1 aromatic heterocycles. The van der Waals surface area contributed by atoms with Crippen LogP contribution in [0.25, 0.3) is 0 Å². The van der Waals surface area contributed by atoms with Crippen LogP contribution in [0.3, 0.4) is 0 Å². The largest absolute Gasteiger partial charge is 0.373 e. The number of pyridine rings is 1. The first kappa shape index (κ1) is 16.4. The van der Waals surface area contributed by atoms with Gasteiger partial charge in [0.2, 0.25) is 5.91 Å². The molecule has 1 atom stereocenters. The molecular weight excluding hydrogens is 292 g/mol. The number of carbonyl (C=O) groups is 1. The maximum atomic E-state index is 11.9. The molecule has 5 nitrogen and oxygen atoms in total. The summed E-state index contributed by atoms with van der Waals surface area (Å²) in [7, 11) is 0. The van der Waals surface area contributed by atoms with E-state index in [-0.39, 0.29) is 17.6 Å². The number of likely N-dealkylation sites (tertiary alicyclic amines) is 1. The molecule has 3 rings (SSSR count). The van der Waals surface area contributed by atoms with Gasteiger partial charge in [-0.15, -0.1) is 0 Å². The van der Waals surface area contributed by atoms with E-state index < -0.39 is 0 Å². The second-order valence-corrected chi connectivity index (χ2v) is 6.76. The van der Waals surface area contributed by atoms with Crippen molar-refractivity contribution in [2.45, 2.75) is 57.8 Å². The van der Waals surface area contributed by atoms with Gasteiger partial charge in [-0.2, -0.15) is 0 Å². The lowest BCUT2D eigenvalue weighted by Crippen LogP contribution is -2.67. The average Bonchev–Trinajstić information content (AvgIpc) is 2.52. The van der Waals surface area contributed by atoms with Crippen molar-refractivity contribution in [3.8, 4) is 0 Å². The Labute approximate surface area is 138 Å². The van der Waals surface area contributed by atoms with Gasteiger partial charge >= 0.3 is 0 Å². The first-order chi connectivity index (χ1) is 11.1. The van der Waals surface area contributed by atoms with Crippen LogP contribution < -0.4 is 0 Å². The Hall–Kier alpha value is -1.46. The van der Waals surface area contributed by atoms with Crippen LogP contribution in [0.1, 0.15) is 43.7 Å². The highest BCUT2D eigenvalue weighted by Gasteiger charge is 2.49. The third-order valence-corrected chi connectivity index (χ3v) is 4.84. The fourth-order valence-electron chi connectivity index (χ4n) is 3.40. The third kappa shape index (κ3) is 3.72. The quantitative estimate of drug-likeness (QED) is 0.837. The van der Waals surface area contributed by atoms with Crippen LogP contribution in [0, 0.1) is 6.92 Å². The molecule has 0 radical (unpaired) electrons. The summed E-state index contributed by atoms with van der Waals surface area (Å²) < 4.78 is 12.1. The fourth-order valence-corrected chi connectivity index (χ4v) is 3.40. The average molecular weight is 318 g/mol. The number of amides is 1. The van der Waals surface area contributed by atoms with Crippen molar-refractivity contribution in [3.05, 3.63) is 29.6 Å². The second-order valence-electron chi connectivity index (χ2n) is 6.76. The van der Waals surface area contributed by atoms with Gasteiger partial charge in [-0.1, -0.05) is 6.92 Å². The summed E-state index contributed by atoms with van der Waals surface area (Å²) in [6.07, 6.45) is 7.21. The van der Waals surface area contributed by atoms with Crippen LogP contribution in [-0.4, -0.2) is 47.2 Å². The van der Waals surface area contributed by atoms with Gasteiger partial charge in [0.15, 0.2) is 0 Å². The van der Waals surface area contributed by atoms with Crippen molar-refractivity contribution < 1.29 is 14.3 Å². The molecule has 0 unspecified atom stereocenters. The second kappa shape index (κ2) is 6.97. The molecule has 23 heavy (non-hydrogen) atoms. The van der Waals surface area contributed by atoms with Gasteiger partial charge < -0.3 is 14.4 Å². The summed E-state index contributed by atoms with van der Waals surface area (Å²) in [5.74, 6) is 0.246. The smallest absolute Gasteiger partial charge is 0.222 e. The van der Waals surface area contributed by atoms with Gasteiger partial charge in [0.25, 0.3) is 0 Å². The minimum atomic E-state index is -0.170. The maximum Gasteiger partial charge on any atom is 0.222 e. The molecule has 0 aromatic carbocycles. The zero-order valence-electron chi connectivity index (χ0n) is 14.1. The molecule has 1 spiro atoms. The first-order valence-corrected chi connectivity index (χ1v) is 8.55. The van der Waals surface area contributed by atoms with E-state index in [9.17, 15) is 4.79 Å². The highest BCUT2D eigenvalue weighted by Crippen LogP contribution is 2.36. The summed E-state index contributed by atoms with van der Waals surface area (Å²) in [4.78, 5) is 18.0. The lowest BCUT2D eigenvalue weighted by atomic mass is 9.84. The molecule has 1 aromatic rings. The number of aromatic nitrogens is 1. The number of carbonyl (C=O) groups excluding carboxylic acids is 1. The molecule has 0 bridgehead atoms. The van der Waals surface area contributed by atoms with Crippen LogP contribution in [-0.2, 0) is 20.9 Å². The maximum absolute atomic E-state index is 11.9. The Kier molecular flexibility index (Phi) is 4.97. The Bertz CT molecular complexity index is 555. The Morgan fingerprint density at radius 3 is 3.09 bits per heavy atom. The van der Waals surface area contributed by atoms with Gasteiger partial charge in [0.05, 0.1) is 25.8 Å². The number of hydrogen-bond acceptors (Lipinski definition) is 4. The van der Waals surface area contributed by atoms with Crippen molar-refractivity contribution in [3.63, 3.8) is 0 Å². The van der Waals surface area contributed by atoms with Gasteiger partial charge in [0.1, 0.15) is 5.60 Å². The normalized spacial score (nSPS) is 22.9. The zero-order chi connectivity index (χ0) is 16.3. The number of rotatable bonds is 5. The summed E-state index contributed by atoms with van der Waals surface area (Å²) >= 11 is 0. The highest BCUT2D eigenvalue weighted by atomic mass is 16.5. The standard InChI is InChI=1S/C18H26N2O3/c1-3-4-17(21)20-12-18(13-20)9-16(6-8-23-18)22-11-15-10-19-7-5-14(15)2/h5,7,10,16H,3-4,6,8-9,11-13H2,1-2H3/t16-/m0/s1. The van der Waals surface area contributed by atoms with Crippen LogP contribution in [0.15, 0.2) is 18.5 Å². The molecule has 126 valence electrons. The van der Waals surface area contributed by atoms with Crippen molar-refractivity contribution in [1.82, 2.24) is 9.88 Å². The summed E-state index contributed by atoms with van der Waals surface area (Å²) in [5, 5.41) is 0. The molecule has 2 aliphatic rings. The number of hydrogen-bond donors (Lipinski definition) is 0. The molecular formula is C18H26N2O3. The van der Waals surface area contributed by atoms with E-state index in [0.717, 1.165) is 37.9 Å². The lowest BCUT2D eigenvalue weighted by Gasteiger charge is -2.53. The molecule has 0 aliphatic carbocycles. The van der Waals surface area contributed by atoms with E-state index in [2.05, 4.69) is 11.9 Å². The summed E-state index contributed by atoms with van der Waals surface area (Å²) in [6, 6.07) is 2.01. The number of nitrogens with zero attached hydrogens (tertiary/aromatic N) is 2. The van der Waals surface area contributed by atoms with Crippen LogP contribution in [0.5, 0.6) is 0 Å². The van der Waals surface area contributed by atoms with E-state index in [0.29, 0.717) is 19.6 Å². The minimum absolute atomic E-state index is 0.170. The van der Waals surface area contributed by atoms with Gasteiger partial charge in [0, 0.05) is 31.8 Å². The molecule has 3 heterocycles. The van der Waals surface area contributed by atoms with Gasteiger partial charge in [-0.25, -0.2) is 0 Å². The predicted molar refractivity (Wildman–Crippen MR) is 87.0 cm³/mol. The molecule has 2 aliphatic heterocycles. The van der Waals surface area contributed by atoms with E-state index in [1.807, 2.05) is 24.1 Å². The molecule has 2 saturated heterocycles. The van der Waals surface area contributed by atoms with Crippen molar-refractivity contribution >= 4 is 5.91 Å². The van der Waals surface area contributed by atoms with Crippen LogP contribution in [0.4, 0.5) is 0 Å². The summed E-state index contributed by atoms with van der Waals surface area (Å²) in [5.41, 5.74) is 2.18. The monoisotopic (exact) mass is 318 g/mol. The van der Waals surface area contributed by atoms with Crippen molar-refractivity contribution in [1.29, 1.82) is 0 Å². The highest BCUT2D eigenvalue weighted by molar-refractivity contribution is 5.77. The van der Waals surface area contributed by atoms with Gasteiger partial charge in [-0.05, 0) is 37.0 Å². The summed E-state index contributed by atoms with van der Waals surface area (Å²) in [6.45, 7) is 6.87. The third-order valence-electron chi connectivity index (χ3n) is 4.84. The predicted octanol–water partition coefficient (Wildman–Crippen LogP) is 2.47. The molecule has 2 fully saturated rings. The van der Waals surface area contributed by atoms with Crippen molar-refractivity contribution in [2.75, 3.05) is 19.7 Å². The Morgan fingerprint density at radius 1 is 1.52 bits per heavy atom. The Morgan fingerprint density at radius 2 is 2.35 bits per heavy atom. The SMILES string of the molecule is CCCC(=O)N1CC2(C[C@@H](OCc3cnccc3C)CCO2)C1. The Balaban J connectivity index is 1.50. The fraction of sp³-hybridized carbons (Fsp3) is 0.667. The minimum Gasteiger partial charge on any atom is -0.373 e. The lowest BCUT2D eigenvalue weighted by molar-refractivity contribution is -0.202. The number of aryl methyl sites for hydroxylation is 1.